The Bertz CT molecular complexity index is 438. The number of anilines is 1. The Kier molecular flexibility index (Phi) is 6.02. The van der Waals surface area contributed by atoms with Gasteiger partial charge in [-0.1, -0.05) is 39.0 Å². The third-order valence-electron chi connectivity index (χ3n) is 3.12. The first kappa shape index (κ1) is 16.5. The minimum atomic E-state index is -0.176. The molecule has 112 valence electrons. The molecule has 2 amide bonds. The lowest BCUT2D eigenvalue weighted by Gasteiger charge is -2.23. The summed E-state index contributed by atoms with van der Waals surface area (Å²) in [4.78, 5) is 12.0. The Morgan fingerprint density at radius 2 is 1.95 bits per heavy atom. The van der Waals surface area contributed by atoms with Crippen molar-refractivity contribution >= 4 is 11.7 Å². The zero-order valence-corrected chi connectivity index (χ0v) is 13.1. The highest BCUT2D eigenvalue weighted by atomic mass is 16.5. The van der Waals surface area contributed by atoms with Crippen LogP contribution in [-0.4, -0.2) is 25.8 Å². The van der Waals surface area contributed by atoms with Crippen molar-refractivity contribution < 1.29 is 9.53 Å². The van der Waals surface area contributed by atoms with Crippen LogP contribution in [0.25, 0.3) is 0 Å². The largest absolute Gasteiger partial charge is 0.385 e. The maximum absolute atomic E-state index is 12.0. The Morgan fingerprint density at radius 3 is 2.55 bits per heavy atom. The molecule has 1 aromatic carbocycles. The zero-order chi connectivity index (χ0) is 15.2. The van der Waals surface area contributed by atoms with Crippen molar-refractivity contribution in [2.75, 3.05) is 19.0 Å². The summed E-state index contributed by atoms with van der Waals surface area (Å²) in [5.41, 5.74) is 1.97. The summed E-state index contributed by atoms with van der Waals surface area (Å²) >= 11 is 0. The van der Waals surface area contributed by atoms with Gasteiger partial charge in [-0.05, 0) is 30.4 Å². The van der Waals surface area contributed by atoms with Crippen LogP contribution in [0, 0.1) is 0 Å². The molecule has 0 bridgehead atoms. The van der Waals surface area contributed by atoms with Gasteiger partial charge in [0, 0.05) is 25.4 Å². The van der Waals surface area contributed by atoms with Crippen LogP contribution in [0.4, 0.5) is 10.5 Å². The molecule has 4 nitrogen and oxygen atoms in total. The van der Waals surface area contributed by atoms with Gasteiger partial charge in [-0.3, -0.25) is 0 Å². The van der Waals surface area contributed by atoms with Crippen molar-refractivity contribution in [1.29, 1.82) is 0 Å². The summed E-state index contributed by atoms with van der Waals surface area (Å²) < 4.78 is 5.00. The molecule has 1 aromatic rings. The summed E-state index contributed by atoms with van der Waals surface area (Å²) in [7, 11) is 1.66. The fourth-order valence-corrected chi connectivity index (χ4v) is 2.00. The number of amides is 2. The van der Waals surface area contributed by atoms with Crippen LogP contribution in [0.1, 0.15) is 39.7 Å². The second kappa shape index (κ2) is 7.29. The van der Waals surface area contributed by atoms with Gasteiger partial charge in [0.05, 0.1) is 0 Å². The lowest BCUT2D eigenvalue weighted by atomic mass is 9.86. The maximum Gasteiger partial charge on any atom is 0.319 e. The molecule has 0 spiro atoms. The number of urea groups is 1. The molecular formula is C16H26N2O2. The quantitative estimate of drug-likeness (QED) is 0.865. The van der Waals surface area contributed by atoms with Gasteiger partial charge < -0.3 is 15.4 Å². The lowest BCUT2D eigenvalue weighted by Crippen LogP contribution is -2.37. The standard InChI is InChI=1S/C16H26N2O2/c1-12(10-11-20-5)17-15(19)18-14-9-7-6-8-13(14)16(2,3)4/h6-9,12H,10-11H2,1-5H3,(H2,17,18,19)/t12-/m1/s1. The van der Waals surface area contributed by atoms with Gasteiger partial charge in [-0.25, -0.2) is 4.79 Å². The minimum absolute atomic E-state index is 0.00839. The van der Waals surface area contributed by atoms with Gasteiger partial charge in [-0.15, -0.1) is 0 Å². The van der Waals surface area contributed by atoms with E-state index in [9.17, 15) is 4.79 Å². The maximum atomic E-state index is 12.0. The van der Waals surface area contributed by atoms with Gasteiger partial charge in [0.15, 0.2) is 0 Å². The topological polar surface area (TPSA) is 50.4 Å². The van der Waals surface area contributed by atoms with Crippen LogP contribution in [0.15, 0.2) is 24.3 Å². The second-order valence-electron chi connectivity index (χ2n) is 6.08. The smallest absolute Gasteiger partial charge is 0.319 e. The number of hydrogen-bond donors (Lipinski definition) is 2. The first-order valence-corrected chi connectivity index (χ1v) is 7.00. The first-order valence-electron chi connectivity index (χ1n) is 7.00. The van der Waals surface area contributed by atoms with Gasteiger partial charge >= 0.3 is 6.03 Å². The number of benzene rings is 1. The number of nitrogens with one attached hydrogen (secondary N) is 2. The van der Waals surface area contributed by atoms with Crippen LogP contribution >= 0.6 is 0 Å². The average Bonchev–Trinajstić information content (AvgIpc) is 2.35. The second-order valence-corrected chi connectivity index (χ2v) is 6.08. The molecule has 2 N–H and O–H groups in total. The van der Waals surface area contributed by atoms with E-state index in [1.165, 1.54) is 0 Å². The van der Waals surface area contributed by atoms with Crippen molar-refractivity contribution in [3.8, 4) is 0 Å². The van der Waals surface area contributed by atoms with E-state index in [2.05, 4.69) is 31.4 Å². The Morgan fingerprint density at radius 1 is 1.30 bits per heavy atom. The van der Waals surface area contributed by atoms with Crippen molar-refractivity contribution in [2.24, 2.45) is 0 Å². The Labute approximate surface area is 121 Å². The van der Waals surface area contributed by atoms with E-state index in [-0.39, 0.29) is 17.5 Å². The number of rotatable bonds is 5. The summed E-state index contributed by atoms with van der Waals surface area (Å²) in [6.45, 7) is 9.00. The van der Waals surface area contributed by atoms with E-state index in [0.29, 0.717) is 6.61 Å². The van der Waals surface area contributed by atoms with Crippen molar-refractivity contribution in [3.63, 3.8) is 0 Å². The highest BCUT2D eigenvalue weighted by Crippen LogP contribution is 2.29. The first-order chi connectivity index (χ1) is 9.34. The van der Waals surface area contributed by atoms with E-state index < -0.39 is 0 Å². The summed E-state index contributed by atoms with van der Waals surface area (Å²) in [5, 5.41) is 5.85. The number of para-hydroxylation sites is 1. The van der Waals surface area contributed by atoms with Crippen molar-refractivity contribution in [2.45, 2.75) is 45.6 Å². The van der Waals surface area contributed by atoms with Crippen molar-refractivity contribution in [3.05, 3.63) is 29.8 Å². The monoisotopic (exact) mass is 278 g/mol. The van der Waals surface area contributed by atoms with E-state index in [0.717, 1.165) is 17.7 Å². The number of carbonyl (C=O) groups is 1. The van der Waals surface area contributed by atoms with Crippen LogP contribution in [-0.2, 0) is 10.2 Å². The Hall–Kier alpha value is -1.55. The van der Waals surface area contributed by atoms with E-state index in [1.54, 1.807) is 7.11 Å². The van der Waals surface area contributed by atoms with Crippen LogP contribution in [0.3, 0.4) is 0 Å². The molecule has 1 atom stereocenters. The number of carbonyl (C=O) groups excluding carboxylic acids is 1. The van der Waals surface area contributed by atoms with Crippen molar-refractivity contribution in [1.82, 2.24) is 5.32 Å². The predicted molar refractivity (Wildman–Crippen MR) is 83.3 cm³/mol. The molecule has 0 aliphatic heterocycles. The molecule has 0 saturated heterocycles. The van der Waals surface area contributed by atoms with Crippen LogP contribution in [0.2, 0.25) is 0 Å². The zero-order valence-electron chi connectivity index (χ0n) is 13.1. The third-order valence-corrected chi connectivity index (χ3v) is 3.12. The summed E-state index contributed by atoms with van der Waals surface area (Å²) in [6.07, 6.45) is 0.796. The lowest BCUT2D eigenvalue weighted by molar-refractivity contribution is 0.185. The average molecular weight is 278 g/mol. The molecule has 0 fully saturated rings. The molecule has 0 saturated carbocycles. The molecule has 0 aromatic heterocycles. The van der Waals surface area contributed by atoms with Gasteiger partial charge in [0.25, 0.3) is 0 Å². The molecule has 0 aliphatic carbocycles. The summed E-state index contributed by atoms with van der Waals surface area (Å²) in [5.74, 6) is 0. The number of hydrogen-bond acceptors (Lipinski definition) is 2. The normalized spacial score (nSPS) is 12.8. The molecule has 20 heavy (non-hydrogen) atoms. The Balaban J connectivity index is 2.67. The third kappa shape index (κ3) is 5.21. The van der Waals surface area contributed by atoms with E-state index in [4.69, 9.17) is 4.74 Å². The highest BCUT2D eigenvalue weighted by Gasteiger charge is 2.18. The number of ether oxygens (including phenoxy) is 1. The molecule has 0 radical (unpaired) electrons. The molecule has 1 rings (SSSR count). The number of methoxy groups -OCH3 is 1. The molecule has 0 heterocycles. The van der Waals surface area contributed by atoms with Gasteiger partial charge in [-0.2, -0.15) is 0 Å². The van der Waals surface area contributed by atoms with E-state index in [1.807, 2.05) is 31.2 Å². The molecule has 0 aliphatic rings. The molecular weight excluding hydrogens is 252 g/mol. The molecule has 0 unspecified atom stereocenters. The van der Waals surface area contributed by atoms with E-state index >= 15 is 0 Å². The molecule has 4 heteroatoms. The SMILES string of the molecule is COCC[C@@H](C)NC(=O)Nc1ccccc1C(C)(C)C. The van der Waals surface area contributed by atoms with Crippen LogP contribution in [0.5, 0.6) is 0 Å². The van der Waals surface area contributed by atoms with Gasteiger partial charge in [0.2, 0.25) is 0 Å². The fraction of sp³-hybridized carbons (Fsp3) is 0.562. The summed E-state index contributed by atoms with van der Waals surface area (Å²) in [6, 6.07) is 7.80. The fourth-order valence-electron chi connectivity index (χ4n) is 2.00. The highest BCUT2D eigenvalue weighted by molar-refractivity contribution is 5.90. The minimum Gasteiger partial charge on any atom is -0.385 e. The van der Waals surface area contributed by atoms with Gasteiger partial charge in [0.1, 0.15) is 0 Å². The van der Waals surface area contributed by atoms with Crippen LogP contribution < -0.4 is 10.6 Å². The predicted octanol–water partition coefficient (Wildman–Crippen LogP) is 3.53.